The maximum Gasteiger partial charge on any atom is 0.121 e. The van der Waals surface area contributed by atoms with Crippen LogP contribution in [0, 0.1) is 5.92 Å². The highest BCUT2D eigenvalue weighted by molar-refractivity contribution is 5.43. The fourth-order valence-corrected chi connectivity index (χ4v) is 2.00. The van der Waals surface area contributed by atoms with Gasteiger partial charge in [0.2, 0.25) is 0 Å². The number of ether oxygens (including phenoxy) is 2. The SMILES string of the molecule is CN(CCCOc1cccc(N)c1)CCOCC1CC1. The molecule has 112 valence electrons. The van der Waals surface area contributed by atoms with Crippen LogP contribution in [0.2, 0.25) is 0 Å². The topological polar surface area (TPSA) is 47.7 Å². The first-order valence-electron chi connectivity index (χ1n) is 7.48. The Kier molecular flexibility index (Phi) is 6.15. The first kappa shape index (κ1) is 15.1. The van der Waals surface area contributed by atoms with Gasteiger partial charge in [-0.15, -0.1) is 0 Å². The number of anilines is 1. The van der Waals surface area contributed by atoms with Gasteiger partial charge in [0.05, 0.1) is 13.2 Å². The fraction of sp³-hybridized carbons (Fsp3) is 0.625. The molecule has 1 fully saturated rings. The van der Waals surface area contributed by atoms with Crippen molar-refractivity contribution in [3.05, 3.63) is 24.3 Å². The Bertz CT molecular complexity index is 394. The van der Waals surface area contributed by atoms with Crippen molar-refractivity contribution >= 4 is 5.69 Å². The third-order valence-electron chi connectivity index (χ3n) is 3.48. The summed E-state index contributed by atoms with van der Waals surface area (Å²) in [5, 5.41) is 0. The van der Waals surface area contributed by atoms with E-state index in [1.165, 1.54) is 12.8 Å². The zero-order chi connectivity index (χ0) is 14.2. The summed E-state index contributed by atoms with van der Waals surface area (Å²) in [5.74, 6) is 1.70. The molecule has 0 unspecified atom stereocenters. The highest BCUT2D eigenvalue weighted by Crippen LogP contribution is 2.28. The van der Waals surface area contributed by atoms with Gasteiger partial charge in [-0.2, -0.15) is 0 Å². The Morgan fingerprint density at radius 1 is 1.25 bits per heavy atom. The van der Waals surface area contributed by atoms with E-state index in [1.54, 1.807) is 0 Å². The van der Waals surface area contributed by atoms with Crippen molar-refractivity contribution in [1.29, 1.82) is 0 Å². The number of nitrogens with two attached hydrogens (primary N) is 1. The predicted octanol–water partition coefficient (Wildman–Crippen LogP) is 2.40. The Labute approximate surface area is 121 Å². The molecule has 1 aromatic carbocycles. The number of benzene rings is 1. The van der Waals surface area contributed by atoms with Crippen LogP contribution in [0.1, 0.15) is 19.3 Å². The number of nitrogen functional groups attached to an aromatic ring is 1. The maximum atomic E-state index is 5.70. The number of nitrogens with zero attached hydrogens (tertiary/aromatic N) is 1. The normalized spacial score (nSPS) is 14.7. The van der Waals surface area contributed by atoms with Crippen LogP contribution in [0.25, 0.3) is 0 Å². The molecule has 1 aliphatic rings. The van der Waals surface area contributed by atoms with Gasteiger partial charge in [0, 0.05) is 31.5 Å². The van der Waals surface area contributed by atoms with E-state index >= 15 is 0 Å². The van der Waals surface area contributed by atoms with Gasteiger partial charge in [-0.1, -0.05) is 6.07 Å². The number of rotatable bonds is 10. The van der Waals surface area contributed by atoms with Crippen LogP contribution in [0.15, 0.2) is 24.3 Å². The zero-order valence-corrected chi connectivity index (χ0v) is 12.4. The lowest BCUT2D eigenvalue weighted by Gasteiger charge is -2.16. The van der Waals surface area contributed by atoms with E-state index in [9.17, 15) is 0 Å². The molecule has 0 radical (unpaired) electrons. The molecule has 1 aliphatic carbocycles. The molecule has 0 amide bonds. The van der Waals surface area contributed by atoms with Gasteiger partial charge in [-0.3, -0.25) is 0 Å². The minimum Gasteiger partial charge on any atom is -0.493 e. The first-order chi connectivity index (χ1) is 9.74. The molecule has 1 aromatic rings. The lowest BCUT2D eigenvalue weighted by Crippen LogP contribution is -2.25. The van der Waals surface area contributed by atoms with Crippen LogP contribution in [0.5, 0.6) is 5.75 Å². The summed E-state index contributed by atoms with van der Waals surface area (Å²) in [6.45, 7) is 4.52. The second kappa shape index (κ2) is 8.12. The van der Waals surface area contributed by atoms with Gasteiger partial charge >= 0.3 is 0 Å². The predicted molar refractivity (Wildman–Crippen MR) is 82.0 cm³/mol. The Hall–Kier alpha value is -1.26. The van der Waals surface area contributed by atoms with E-state index < -0.39 is 0 Å². The van der Waals surface area contributed by atoms with E-state index in [-0.39, 0.29) is 0 Å². The van der Waals surface area contributed by atoms with Crippen molar-refractivity contribution in [1.82, 2.24) is 4.90 Å². The Morgan fingerprint density at radius 3 is 2.85 bits per heavy atom. The highest BCUT2D eigenvalue weighted by atomic mass is 16.5. The second-order valence-electron chi connectivity index (χ2n) is 5.60. The summed E-state index contributed by atoms with van der Waals surface area (Å²) >= 11 is 0. The molecule has 0 bridgehead atoms. The van der Waals surface area contributed by atoms with E-state index in [0.717, 1.165) is 56.7 Å². The summed E-state index contributed by atoms with van der Waals surface area (Å²) in [7, 11) is 2.13. The molecule has 2 N–H and O–H groups in total. The van der Waals surface area contributed by atoms with Crippen LogP contribution in [0.4, 0.5) is 5.69 Å². The lowest BCUT2D eigenvalue weighted by molar-refractivity contribution is 0.102. The summed E-state index contributed by atoms with van der Waals surface area (Å²) in [6, 6.07) is 7.57. The van der Waals surface area contributed by atoms with Crippen LogP contribution in [0.3, 0.4) is 0 Å². The zero-order valence-electron chi connectivity index (χ0n) is 12.4. The molecule has 0 atom stereocenters. The third kappa shape index (κ3) is 6.26. The monoisotopic (exact) mass is 278 g/mol. The van der Waals surface area contributed by atoms with Gasteiger partial charge in [0.25, 0.3) is 0 Å². The van der Waals surface area contributed by atoms with Gasteiger partial charge in [0.1, 0.15) is 5.75 Å². The fourth-order valence-electron chi connectivity index (χ4n) is 2.00. The Morgan fingerprint density at radius 2 is 2.10 bits per heavy atom. The van der Waals surface area contributed by atoms with Crippen molar-refractivity contribution in [2.45, 2.75) is 19.3 Å². The molecule has 1 saturated carbocycles. The van der Waals surface area contributed by atoms with Crippen LogP contribution in [-0.2, 0) is 4.74 Å². The molecule has 20 heavy (non-hydrogen) atoms. The quantitative estimate of drug-likeness (QED) is 0.527. The van der Waals surface area contributed by atoms with Gasteiger partial charge in [0.15, 0.2) is 0 Å². The lowest BCUT2D eigenvalue weighted by atomic mass is 10.3. The second-order valence-corrected chi connectivity index (χ2v) is 5.60. The highest BCUT2D eigenvalue weighted by Gasteiger charge is 2.20. The number of hydrogen-bond donors (Lipinski definition) is 1. The third-order valence-corrected chi connectivity index (χ3v) is 3.48. The molecule has 0 saturated heterocycles. The van der Waals surface area contributed by atoms with Gasteiger partial charge < -0.3 is 20.1 Å². The van der Waals surface area contributed by atoms with E-state index in [2.05, 4.69) is 11.9 Å². The largest absolute Gasteiger partial charge is 0.493 e. The molecule has 4 nitrogen and oxygen atoms in total. The number of hydrogen-bond acceptors (Lipinski definition) is 4. The molecule has 0 spiro atoms. The molecule has 0 aliphatic heterocycles. The maximum absolute atomic E-state index is 5.70. The molecular formula is C16H26N2O2. The summed E-state index contributed by atoms with van der Waals surface area (Å²) in [6.07, 6.45) is 3.72. The van der Waals surface area contributed by atoms with Crippen LogP contribution < -0.4 is 10.5 Å². The van der Waals surface area contributed by atoms with E-state index in [4.69, 9.17) is 15.2 Å². The number of likely N-dealkylation sites (N-methyl/N-ethyl adjacent to an activating group) is 1. The van der Waals surface area contributed by atoms with Crippen LogP contribution in [-0.4, -0.2) is 44.9 Å². The minimum absolute atomic E-state index is 0.719. The molecular weight excluding hydrogens is 252 g/mol. The van der Waals surface area contributed by atoms with E-state index in [1.807, 2.05) is 24.3 Å². The summed E-state index contributed by atoms with van der Waals surface area (Å²) < 4.78 is 11.3. The van der Waals surface area contributed by atoms with Crippen molar-refractivity contribution in [3.63, 3.8) is 0 Å². The summed E-state index contributed by atoms with van der Waals surface area (Å²) in [5.41, 5.74) is 6.45. The average Bonchev–Trinajstić information content (AvgIpc) is 3.24. The van der Waals surface area contributed by atoms with Crippen molar-refractivity contribution in [2.75, 3.05) is 45.7 Å². The summed E-state index contributed by atoms with van der Waals surface area (Å²) in [4.78, 5) is 2.29. The minimum atomic E-state index is 0.719. The standard InChI is InChI=1S/C16H26N2O2/c1-18(9-11-19-13-14-6-7-14)8-3-10-20-16-5-2-4-15(17)12-16/h2,4-5,12,14H,3,6-11,13,17H2,1H3. The van der Waals surface area contributed by atoms with Gasteiger partial charge in [-0.05, 0) is 44.4 Å². The van der Waals surface area contributed by atoms with Crippen molar-refractivity contribution in [3.8, 4) is 5.75 Å². The smallest absolute Gasteiger partial charge is 0.121 e. The molecule has 0 aromatic heterocycles. The molecule has 0 heterocycles. The first-order valence-corrected chi connectivity index (χ1v) is 7.48. The van der Waals surface area contributed by atoms with Gasteiger partial charge in [-0.25, -0.2) is 0 Å². The van der Waals surface area contributed by atoms with Crippen LogP contribution >= 0.6 is 0 Å². The molecule has 4 heteroatoms. The average molecular weight is 278 g/mol. The van der Waals surface area contributed by atoms with Crippen molar-refractivity contribution < 1.29 is 9.47 Å². The Balaban J connectivity index is 1.47. The van der Waals surface area contributed by atoms with E-state index in [0.29, 0.717) is 0 Å². The van der Waals surface area contributed by atoms with Crippen molar-refractivity contribution in [2.24, 2.45) is 5.92 Å². The molecule has 2 rings (SSSR count).